The van der Waals surface area contributed by atoms with Crippen LogP contribution in [-0.4, -0.2) is 15.0 Å². The maximum absolute atomic E-state index is 5.84. The molecule has 0 aromatic carbocycles. The lowest BCUT2D eigenvalue weighted by atomic mass is 10.4. The second kappa shape index (κ2) is 2.46. The first-order valence-electron chi connectivity index (χ1n) is 2.93. The van der Waals surface area contributed by atoms with Gasteiger partial charge in [0.1, 0.15) is 5.52 Å². The minimum absolute atomic E-state index is 0.629. The lowest BCUT2D eigenvalue weighted by Crippen LogP contribution is -1.74. The summed E-state index contributed by atoms with van der Waals surface area (Å²) in [6, 6.07) is 1.72. The highest BCUT2D eigenvalue weighted by Gasteiger charge is 2.03. The Balaban J connectivity index is 2.90. The molecule has 11 heavy (non-hydrogen) atoms. The molecule has 0 unspecified atom stereocenters. The van der Waals surface area contributed by atoms with Crippen LogP contribution in [0.5, 0.6) is 0 Å². The van der Waals surface area contributed by atoms with Crippen LogP contribution in [0.15, 0.2) is 17.0 Å². The topological polar surface area (TPSA) is 41.6 Å². The van der Waals surface area contributed by atoms with Crippen LogP contribution in [0.3, 0.4) is 0 Å². The van der Waals surface area contributed by atoms with Gasteiger partial charge in [0.2, 0.25) is 0 Å². The first-order valence-corrected chi connectivity index (χ1v) is 4.10. The molecule has 5 heteroatoms. The van der Waals surface area contributed by atoms with E-state index in [4.69, 9.17) is 11.6 Å². The number of imidazole rings is 1. The summed E-state index contributed by atoms with van der Waals surface area (Å²) in [5.41, 5.74) is 1.39. The predicted octanol–water partition coefficient (Wildman–Crippen LogP) is 2.37. The predicted molar refractivity (Wildman–Crippen MR) is 46.6 cm³/mol. The van der Waals surface area contributed by atoms with Gasteiger partial charge < -0.3 is 4.98 Å². The highest BCUT2D eigenvalue weighted by atomic mass is 79.9. The average molecular weight is 232 g/mol. The summed E-state index contributed by atoms with van der Waals surface area (Å²) in [5, 5.41) is 0.633. The average Bonchev–Trinajstić information content (AvgIpc) is 2.31. The van der Waals surface area contributed by atoms with Crippen molar-refractivity contribution in [1.29, 1.82) is 0 Å². The van der Waals surface area contributed by atoms with Crippen molar-refractivity contribution in [3.8, 4) is 0 Å². The van der Waals surface area contributed by atoms with Gasteiger partial charge in [-0.05, 0) is 22.0 Å². The fourth-order valence-corrected chi connectivity index (χ4v) is 1.41. The van der Waals surface area contributed by atoms with Crippen molar-refractivity contribution in [3.05, 3.63) is 22.0 Å². The van der Waals surface area contributed by atoms with Crippen molar-refractivity contribution in [2.45, 2.75) is 0 Å². The first-order chi connectivity index (χ1) is 5.27. The SMILES string of the molecule is Clc1ccnc2nc(Br)[nH]c12. The molecule has 0 aliphatic carbocycles. The number of pyridine rings is 1. The Morgan fingerprint density at radius 3 is 3.09 bits per heavy atom. The molecule has 56 valence electrons. The Bertz CT molecular complexity index is 398. The van der Waals surface area contributed by atoms with Gasteiger partial charge in [0, 0.05) is 6.20 Å². The number of nitrogens with zero attached hydrogens (tertiary/aromatic N) is 2. The van der Waals surface area contributed by atoms with Crippen molar-refractivity contribution in [3.63, 3.8) is 0 Å². The molecule has 0 saturated heterocycles. The van der Waals surface area contributed by atoms with Crippen LogP contribution in [-0.2, 0) is 0 Å². The van der Waals surface area contributed by atoms with Gasteiger partial charge in [0.15, 0.2) is 10.4 Å². The van der Waals surface area contributed by atoms with E-state index in [1.807, 2.05) is 0 Å². The molecule has 2 aromatic heterocycles. The summed E-state index contributed by atoms with van der Waals surface area (Å²) >= 11 is 9.03. The summed E-state index contributed by atoms with van der Waals surface area (Å²) < 4.78 is 0.646. The van der Waals surface area contributed by atoms with Crippen molar-refractivity contribution in [2.24, 2.45) is 0 Å². The van der Waals surface area contributed by atoms with Gasteiger partial charge in [-0.1, -0.05) is 11.6 Å². The fourth-order valence-electron chi connectivity index (χ4n) is 0.852. The fraction of sp³-hybridized carbons (Fsp3) is 0. The van der Waals surface area contributed by atoms with E-state index in [0.717, 1.165) is 5.52 Å². The summed E-state index contributed by atoms with van der Waals surface area (Å²) in [6.45, 7) is 0. The quantitative estimate of drug-likeness (QED) is 0.758. The van der Waals surface area contributed by atoms with E-state index in [1.54, 1.807) is 12.3 Å². The number of hydrogen-bond donors (Lipinski definition) is 1. The van der Waals surface area contributed by atoms with Crippen LogP contribution in [0.1, 0.15) is 0 Å². The van der Waals surface area contributed by atoms with E-state index in [1.165, 1.54) is 0 Å². The Morgan fingerprint density at radius 2 is 2.36 bits per heavy atom. The molecule has 0 atom stereocenters. The second-order valence-corrected chi connectivity index (χ2v) is 3.18. The third-order valence-electron chi connectivity index (χ3n) is 1.31. The van der Waals surface area contributed by atoms with Gasteiger partial charge in [0.25, 0.3) is 0 Å². The van der Waals surface area contributed by atoms with Gasteiger partial charge in [0.05, 0.1) is 5.02 Å². The normalized spacial score (nSPS) is 10.7. The van der Waals surface area contributed by atoms with Crippen LogP contribution < -0.4 is 0 Å². The lowest BCUT2D eigenvalue weighted by molar-refractivity contribution is 1.24. The molecule has 0 aliphatic heterocycles. The first kappa shape index (κ1) is 7.06. The van der Waals surface area contributed by atoms with Gasteiger partial charge >= 0.3 is 0 Å². The molecule has 0 saturated carbocycles. The summed E-state index contributed by atoms with van der Waals surface area (Å²) in [4.78, 5) is 11.0. The number of hydrogen-bond acceptors (Lipinski definition) is 2. The number of halogens is 2. The number of aromatic amines is 1. The zero-order valence-corrected chi connectivity index (χ0v) is 7.65. The van der Waals surface area contributed by atoms with Crippen LogP contribution in [0.2, 0.25) is 5.02 Å². The Labute approximate surface area is 75.9 Å². The summed E-state index contributed by atoms with van der Waals surface area (Å²) in [7, 11) is 0. The molecule has 3 nitrogen and oxygen atoms in total. The number of nitrogens with one attached hydrogen (secondary N) is 1. The van der Waals surface area contributed by atoms with E-state index >= 15 is 0 Å². The highest BCUT2D eigenvalue weighted by molar-refractivity contribution is 9.10. The van der Waals surface area contributed by atoms with Gasteiger partial charge in [-0.3, -0.25) is 0 Å². The van der Waals surface area contributed by atoms with E-state index < -0.39 is 0 Å². The molecule has 0 radical (unpaired) electrons. The Kier molecular flexibility index (Phi) is 1.58. The second-order valence-electron chi connectivity index (χ2n) is 2.02. The van der Waals surface area contributed by atoms with Crippen molar-refractivity contribution < 1.29 is 0 Å². The van der Waals surface area contributed by atoms with Gasteiger partial charge in [-0.15, -0.1) is 0 Å². The molecule has 2 aromatic rings. The molecule has 1 N–H and O–H groups in total. The zero-order chi connectivity index (χ0) is 7.84. The van der Waals surface area contributed by atoms with Crippen molar-refractivity contribution in [2.75, 3.05) is 0 Å². The number of rotatable bonds is 0. The Hall–Kier alpha value is -0.610. The van der Waals surface area contributed by atoms with Crippen LogP contribution in [0.25, 0.3) is 11.2 Å². The molecular formula is C6H3BrClN3. The lowest BCUT2D eigenvalue weighted by Gasteiger charge is -1.87. The molecule has 2 heterocycles. The smallest absolute Gasteiger partial charge is 0.180 e. The van der Waals surface area contributed by atoms with Crippen molar-refractivity contribution >= 4 is 38.7 Å². The van der Waals surface area contributed by atoms with Crippen LogP contribution in [0.4, 0.5) is 0 Å². The van der Waals surface area contributed by atoms with Crippen LogP contribution >= 0.6 is 27.5 Å². The minimum atomic E-state index is 0.629. The Morgan fingerprint density at radius 1 is 1.55 bits per heavy atom. The van der Waals surface area contributed by atoms with E-state index in [2.05, 4.69) is 30.9 Å². The van der Waals surface area contributed by atoms with E-state index in [0.29, 0.717) is 15.4 Å². The van der Waals surface area contributed by atoms with Gasteiger partial charge in [-0.2, -0.15) is 0 Å². The highest BCUT2D eigenvalue weighted by Crippen LogP contribution is 2.20. The zero-order valence-electron chi connectivity index (χ0n) is 5.31. The monoisotopic (exact) mass is 231 g/mol. The van der Waals surface area contributed by atoms with Crippen molar-refractivity contribution in [1.82, 2.24) is 15.0 Å². The third kappa shape index (κ3) is 1.12. The molecule has 0 fully saturated rings. The molecule has 0 spiro atoms. The number of fused-ring (bicyclic) bond motifs is 1. The maximum Gasteiger partial charge on any atom is 0.180 e. The number of aromatic nitrogens is 3. The maximum atomic E-state index is 5.84. The van der Waals surface area contributed by atoms with Gasteiger partial charge in [-0.25, -0.2) is 9.97 Å². The largest absolute Gasteiger partial charge is 0.330 e. The summed E-state index contributed by atoms with van der Waals surface area (Å²) in [6.07, 6.45) is 1.62. The van der Waals surface area contributed by atoms with E-state index in [9.17, 15) is 0 Å². The molecule has 0 aliphatic rings. The third-order valence-corrected chi connectivity index (χ3v) is 2.00. The van der Waals surface area contributed by atoms with E-state index in [-0.39, 0.29) is 0 Å². The van der Waals surface area contributed by atoms with Crippen LogP contribution in [0, 0.1) is 0 Å². The minimum Gasteiger partial charge on any atom is -0.330 e. The molecule has 0 bridgehead atoms. The molecule has 0 amide bonds. The molecule has 2 rings (SSSR count). The number of H-pyrrole nitrogens is 1. The molecular weight excluding hydrogens is 229 g/mol. The summed E-state index contributed by atoms with van der Waals surface area (Å²) in [5.74, 6) is 0. The standard InChI is InChI=1S/C6H3BrClN3/c7-6-10-4-3(8)1-2-9-5(4)11-6/h1-2H,(H,9,10,11).